The van der Waals surface area contributed by atoms with E-state index < -0.39 is 5.92 Å². The summed E-state index contributed by atoms with van der Waals surface area (Å²) in [6.45, 7) is 2.11. The summed E-state index contributed by atoms with van der Waals surface area (Å²) >= 11 is 0. The van der Waals surface area contributed by atoms with E-state index in [1.54, 1.807) is 0 Å². The number of halogens is 2. The van der Waals surface area contributed by atoms with E-state index in [9.17, 15) is 8.78 Å². The minimum absolute atomic E-state index is 0.177. The highest BCUT2D eigenvalue weighted by Crippen LogP contribution is 2.56. The maximum Gasteiger partial charge on any atom is 0.251 e. The molecule has 0 aromatic carbocycles. The first-order valence-corrected chi connectivity index (χ1v) is 4.51. The molecule has 2 saturated carbocycles. The van der Waals surface area contributed by atoms with Crippen molar-refractivity contribution in [3.63, 3.8) is 0 Å². The lowest BCUT2D eigenvalue weighted by molar-refractivity contribution is -0.0612. The molecular weight excluding hydrogens is 146 g/mol. The van der Waals surface area contributed by atoms with Gasteiger partial charge in [0.05, 0.1) is 0 Å². The highest BCUT2D eigenvalue weighted by atomic mass is 19.3. The Hall–Kier alpha value is -0.140. The third kappa shape index (κ3) is 0.986. The van der Waals surface area contributed by atoms with Crippen LogP contribution in [0.2, 0.25) is 0 Å². The second-order valence-corrected chi connectivity index (χ2v) is 4.06. The van der Waals surface area contributed by atoms with Gasteiger partial charge in [0.1, 0.15) is 0 Å². The molecule has 11 heavy (non-hydrogen) atoms. The molecule has 0 aliphatic heterocycles. The summed E-state index contributed by atoms with van der Waals surface area (Å²) in [6.07, 6.45) is 2.85. The van der Waals surface area contributed by atoms with Crippen molar-refractivity contribution in [3.8, 4) is 0 Å². The molecule has 2 fully saturated rings. The first-order chi connectivity index (χ1) is 5.13. The molecule has 2 aliphatic rings. The summed E-state index contributed by atoms with van der Waals surface area (Å²) < 4.78 is 25.9. The molecule has 2 aliphatic carbocycles. The molecular formula is C9H14F2. The van der Waals surface area contributed by atoms with E-state index in [-0.39, 0.29) is 12.3 Å². The molecule has 3 atom stereocenters. The maximum atomic E-state index is 12.9. The first-order valence-electron chi connectivity index (χ1n) is 4.51. The Bertz CT molecular complexity index is 165. The number of rotatable bonds is 1. The van der Waals surface area contributed by atoms with Crippen LogP contribution in [0.5, 0.6) is 0 Å². The van der Waals surface area contributed by atoms with Gasteiger partial charge in [0.2, 0.25) is 0 Å². The van der Waals surface area contributed by atoms with Gasteiger partial charge in [-0.15, -0.1) is 0 Å². The summed E-state index contributed by atoms with van der Waals surface area (Å²) in [5.74, 6) is -1.62. The number of alkyl halides is 2. The van der Waals surface area contributed by atoms with Crippen LogP contribution in [0.1, 0.15) is 32.6 Å². The molecule has 0 aromatic heterocycles. The summed E-state index contributed by atoms with van der Waals surface area (Å²) in [5, 5.41) is 0. The predicted molar refractivity (Wildman–Crippen MR) is 39.6 cm³/mol. The fraction of sp³-hybridized carbons (Fsp3) is 1.00. The van der Waals surface area contributed by atoms with Gasteiger partial charge in [-0.1, -0.05) is 13.3 Å². The zero-order valence-electron chi connectivity index (χ0n) is 6.82. The Morgan fingerprint density at radius 2 is 2.09 bits per heavy atom. The zero-order chi connectivity index (χ0) is 8.06. The molecule has 0 amide bonds. The van der Waals surface area contributed by atoms with Crippen molar-refractivity contribution in [1.29, 1.82) is 0 Å². The van der Waals surface area contributed by atoms with Gasteiger partial charge < -0.3 is 0 Å². The average Bonchev–Trinajstić information content (AvgIpc) is 2.41. The van der Waals surface area contributed by atoms with E-state index in [0.29, 0.717) is 11.8 Å². The summed E-state index contributed by atoms with van der Waals surface area (Å²) in [4.78, 5) is 0. The van der Waals surface area contributed by atoms with Crippen LogP contribution in [0, 0.1) is 17.8 Å². The van der Waals surface area contributed by atoms with Crippen molar-refractivity contribution in [1.82, 2.24) is 0 Å². The normalized spacial score (nSPS) is 46.6. The summed E-state index contributed by atoms with van der Waals surface area (Å²) in [7, 11) is 0. The van der Waals surface area contributed by atoms with Crippen molar-refractivity contribution in [2.45, 2.75) is 38.5 Å². The van der Waals surface area contributed by atoms with E-state index in [4.69, 9.17) is 0 Å². The van der Waals surface area contributed by atoms with E-state index in [1.165, 1.54) is 0 Å². The van der Waals surface area contributed by atoms with Gasteiger partial charge in [0.25, 0.3) is 5.92 Å². The second kappa shape index (κ2) is 2.18. The minimum Gasteiger partial charge on any atom is -0.207 e. The van der Waals surface area contributed by atoms with E-state index >= 15 is 0 Å². The molecule has 0 N–H and O–H groups in total. The molecule has 2 heteroatoms. The lowest BCUT2D eigenvalue weighted by Gasteiger charge is -2.26. The van der Waals surface area contributed by atoms with Gasteiger partial charge in [-0.05, 0) is 24.7 Å². The van der Waals surface area contributed by atoms with Crippen molar-refractivity contribution >= 4 is 0 Å². The van der Waals surface area contributed by atoms with Crippen LogP contribution < -0.4 is 0 Å². The van der Waals surface area contributed by atoms with Crippen LogP contribution in [0.15, 0.2) is 0 Å². The van der Waals surface area contributed by atoms with E-state index in [2.05, 4.69) is 6.92 Å². The topological polar surface area (TPSA) is 0 Å². The van der Waals surface area contributed by atoms with Crippen LogP contribution in [-0.4, -0.2) is 5.92 Å². The molecule has 2 rings (SSSR count). The quantitative estimate of drug-likeness (QED) is 0.553. The molecule has 64 valence electrons. The Morgan fingerprint density at radius 3 is 2.45 bits per heavy atom. The largest absolute Gasteiger partial charge is 0.251 e. The Balaban J connectivity index is 2.08. The lowest BCUT2D eigenvalue weighted by Crippen LogP contribution is -2.27. The molecule has 0 heterocycles. The third-order valence-corrected chi connectivity index (χ3v) is 3.50. The van der Waals surface area contributed by atoms with E-state index in [1.807, 2.05) is 0 Å². The third-order valence-electron chi connectivity index (χ3n) is 3.50. The van der Waals surface area contributed by atoms with Gasteiger partial charge >= 0.3 is 0 Å². The number of hydrogen-bond acceptors (Lipinski definition) is 0. The Kier molecular flexibility index (Phi) is 1.48. The van der Waals surface area contributed by atoms with Crippen molar-refractivity contribution in [2.24, 2.45) is 17.8 Å². The molecule has 3 unspecified atom stereocenters. The highest BCUT2D eigenvalue weighted by Gasteiger charge is 2.55. The molecule has 0 spiro atoms. The van der Waals surface area contributed by atoms with Crippen LogP contribution in [0.3, 0.4) is 0 Å². The van der Waals surface area contributed by atoms with Gasteiger partial charge in [0, 0.05) is 12.3 Å². The smallest absolute Gasteiger partial charge is 0.207 e. The van der Waals surface area contributed by atoms with Crippen LogP contribution in [-0.2, 0) is 0 Å². The van der Waals surface area contributed by atoms with Crippen LogP contribution in [0.25, 0.3) is 0 Å². The molecule has 0 nitrogen and oxygen atoms in total. The average molecular weight is 160 g/mol. The molecule has 2 bridgehead atoms. The molecule has 0 aromatic rings. The SMILES string of the molecule is CCC1CC2CC1CC2(F)F. The summed E-state index contributed by atoms with van der Waals surface area (Å²) in [6, 6.07) is 0. The number of hydrogen-bond donors (Lipinski definition) is 0. The molecule has 0 radical (unpaired) electrons. The fourth-order valence-electron chi connectivity index (χ4n) is 2.82. The second-order valence-electron chi connectivity index (χ2n) is 4.06. The lowest BCUT2D eigenvalue weighted by atomic mass is 9.85. The van der Waals surface area contributed by atoms with Crippen molar-refractivity contribution in [2.75, 3.05) is 0 Å². The minimum atomic E-state index is -2.31. The van der Waals surface area contributed by atoms with E-state index in [0.717, 1.165) is 19.3 Å². The van der Waals surface area contributed by atoms with Crippen LogP contribution in [0.4, 0.5) is 8.78 Å². The fourth-order valence-corrected chi connectivity index (χ4v) is 2.82. The molecule has 0 saturated heterocycles. The zero-order valence-corrected chi connectivity index (χ0v) is 6.82. The van der Waals surface area contributed by atoms with Gasteiger partial charge in [-0.2, -0.15) is 0 Å². The predicted octanol–water partition coefficient (Wildman–Crippen LogP) is 3.08. The number of fused-ring (bicyclic) bond motifs is 2. The standard InChI is InChI=1S/C9H14F2/c1-2-6-3-8-4-7(6)5-9(8,10)11/h6-8H,2-5H2,1H3. The van der Waals surface area contributed by atoms with Crippen molar-refractivity contribution < 1.29 is 8.78 Å². The monoisotopic (exact) mass is 160 g/mol. The van der Waals surface area contributed by atoms with Crippen LogP contribution >= 0.6 is 0 Å². The van der Waals surface area contributed by atoms with Gasteiger partial charge in [-0.25, -0.2) is 8.78 Å². The van der Waals surface area contributed by atoms with Gasteiger partial charge in [-0.3, -0.25) is 0 Å². The van der Waals surface area contributed by atoms with Crippen molar-refractivity contribution in [3.05, 3.63) is 0 Å². The van der Waals surface area contributed by atoms with Gasteiger partial charge in [0.15, 0.2) is 0 Å². The Morgan fingerprint density at radius 1 is 1.36 bits per heavy atom. The maximum absolute atomic E-state index is 12.9. The highest BCUT2D eigenvalue weighted by molar-refractivity contribution is 4.99. The first kappa shape index (κ1) is 7.51. The summed E-state index contributed by atoms with van der Waals surface area (Å²) in [5.41, 5.74) is 0. The Labute approximate surface area is 66.0 Å².